The molecule has 0 spiro atoms. The largest absolute Gasteiger partial charge is 0.268 e. The van der Waals surface area contributed by atoms with Gasteiger partial charge in [0.2, 0.25) is 0 Å². The van der Waals surface area contributed by atoms with Crippen molar-refractivity contribution in [3.05, 3.63) is 35.9 Å². The van der Waals surface area contributed by atoms with Gasteiger partial charge in [0.05, 0.1) is 5.75 Å². The predicted octanol–water partition coefficient (Wildman–Crippen LogP) is 2.68. The zero-order valence-corrected chi connectivity index (χ0v) is 10.8. The van der Waals surface area contributed by atoms with Gasteiger partial charge in [-0.2, -0.15) is 8.42 Å². The first-order chi connectivity index (χ1) is 7.37. The third kappa shape index (κ3) is 3.61. The van der Waals surface area contributed by atoms with Crippen molar-refractivity contribution in [3.8, 4) is 0 Å². The van der Waals surface area contributed by atoms with Gasteiger partial charge in [-0.25, -0.2) is 0 Å². The summed E-state index contributed by atoms with van der Waals surface area (Å²) in [5.74, 6) is 0.0588. The first-order valence-electron chi connectivity index (χ1n) is 5.36. The van der Waals surface area contributed by atoms with Gasteiger partial charge in [-0.15, -0.1) is 0 Å². The highest BCUT2D eigenvalue weighted by Gasteiger charge is 2.27. The van der Waals surface area contributed by atoms with Crippen LogP contribution in [0.3, 0.4) is 0 Å². The fourth-order valence-corrected chi connectivity index (χ4v) is 2.81. The number of rotatable bonds is 5. The van der Waals surface area contributed by atoms with Gasteiger partial charge in [0.1, 0.15) is 5.60 Å². The van der Waals surface area contributed by atoms with Crippen molar-refractivity contribution in [2.75, 3.05) is 5.75 Å². The molecule has 3 nitrogen and oxygen atoms in total. The zero-order chi connectivity index (χ0) is 12.2. The number of hydrogen-bond donors (Lipinski definition) is 0. The quantitative estimate of drug-likeness (QED) is 0.746. The summed E-state index contributed by atoms with van der Waals surface area (Å²) in [5, 5.41) is 0. The highest BCUT2D eigenvalue weighted by Crippen LogP contribution is 2.26. The van der Waals surface area contributed by atoms with E-state index in [2.05, 4.69) is 0 Å². The summed E-state index contributed by atoms with van der Waals surface area (Å²) in [6, 6.07) is 9.35. The van der Waals surface area contributed by atoms with Gasteiger partial charge in [-0.1, -0.05) is 37.3 Å². The Morgan fingerprint density at radius 3 is 2.25 bits per heavy atom. The van der Waals surface area contributed by atoms with Gasteiger partial charge in [-0.05, 0) is 25.8 Å². The van der Waals surface area contributed by atoms with E-state index in [-0.39, 0.29) is 5.75 Å². The second kappa shape index (κ2) is 4.97. The average Bonchev–Trinajstić information content (AvgIpc) is 2.17. The topological polar surface area (TPSA) is 43.4 Å². The molecule has 1 rings (SSSR count). The van der Waals surface area contributed by atoms with Gasteiger partial charge >= 0.3 is 0 Å². The molecule has 0 amide bonds. The molecule has 4 heteroatoms. The molecular weight excluding hydrogens is 224 g/mol. The highest BCUT2D eigenvalue weighted by atomic mass is 32.2. The van der Waals surface area contributed by atoms with E-state index >= 15 is 0 Å². The molecule has 1 aromatic carbocycles. The molecule has 0 atom stereocenters. The van der Waals surface area contributed by atoms with Crippen LogP contribution in [-0.2, 0) is 19.9 Å². The summed E-state index contributed by atoms with van der Waals surface area (Å²) in [6.07, 6.45) is 0.563. The van der Waals surface area contributed by atoms with E-state index in [1.165, 1.54) is 0 Å². The summed E-state index contributed by atoms with van der Waals surface area (Å²) in [5.41, 5.74) is 0.0459. The van der Waals surface area contributed by atoms with Crippen molar-refractivity contribution in [3.63, 3.8) is 0 Å². The van der Waals surface area contributed by atoms with Crippen molar-refractivity contribution < 1.29 is 12.6 Å². The maximum absolute atomic E-state index is 11.6. The van der Waals surface area contributed by atoms with E-state index in [4.69, 9.17) is 4.18 Å². The molecule has 0 aromatic heterocycles. The lowest BCUT2D eigenvalue weighted by atomic mass is 9.99. The van der Waals surface area contributed by atoms with E-state index in [0.29, 0.717) is 6.42 Å². The lowest BCUT2D eigenvalue weighted by Gasteiger charge is -2.24. The molecule has 0 aliphatic carbocycles. The SMILES string of the molecule is CCCS(=O)(=O)OC(C)(C)c1ccccc1. The lowest BCUT2D eigenvalue weighted by molar-refractivity contribution is 0.117. The molecule has 16 heavy (non-hydrogen) atoms. The van der Waals surface area contributed by atoms with E-state index in [9.17, 15) is 8.42 Å². The minimum atomic E-state index is -3.44. The Kier molecular flexibility index (Phi) is 4.10. The number of hydrogen-bond acceptors (Lipinski definition) is 3. The Balaban J connectivity index is 2.88. The van der Waals surface area contributed by atoms with Crippen molar-refractivity contribution in [2.45, 2.75) is 32.8 Å². The minimum Gasteiger partial charge on any atom is -0.259 e. The van der Waals surface area contributed by atoms with Crippen LogP contribution in [0.2, 0.25) is 0 Å². The molecule has 0 bridgehead atoms. The molecule has 0 radical (unpaired) electrons. The Morgan fingerprint density at radius 1 is 1.19 bits per heavy atom. The lowest BCUT2D eigenvalue weighted by Crippen LogP contribution is -2.27. The van der Waals surface area contributed by atoms with Gasteiger partial charge < -0.3 is 0 Å². The first kappa shape index (κ1) is 13.2. The van der Waals surface area contributed by atoms with E-state index in [0.717, 1.165) is 5.56 Å². The molecule has 0 N–H and O–H groups in total. The van der Waals surface area contributed by atoms with E-state index < -0.39 is 15.7 Å². The minimum absolute atomic E-state index is 0.0588. The van der Waals surface area contributed by atoms with Gasteiger partial charge in [-0.3, -0.25) is 4.18 Å². The fourth-order valence-electron chi connectivity index (χ4n) is 1.50. The van der Waals surface area contributed by atoms with Crippen molar-refractivity contribution in [2.24, 2.45) is 0 Å². The van der Waals surface area contributed by atoms with Crippen LogP contribution in [0.1, 0.15) is 32.8 Å². The highest BCUT2D eigenvalue weighted by molar-refractivity contribution is 7.86. The molecule has 0 saturated heterocycles. The van der Waals surface area contributed by atoms with Crippen LogP contribution in [0, 0.1) is 0 Å². The summed E-state index contributed by atoms with van der Waals surface area (Å²) in [7, 11) is -3.44. The molecule has 1 aromatic rings. The zero-order valence-electron chi connectivity index (χ0n) is 9.93. The smallest absolute Gasteiger partial charge is 0.259 e. The summed E-state index contributed by atoms with van der Waals surface area (Å²) >= 11 is 0. The van der Waals surface area contributed by atoms with Crippen molar-refractivity contribution in [1.29, 1.82) is 0 Å². The fraction of sp³-hybridized carbons (Fsp3) is 0.500. The van der Waals surface area contributed by atoms with Crippen molar-refractivity contribution in [1.82, 2.24) is 0 Å². The second-order valence-corrected chi connectivity index (χ2v) is 5.91. The molecule has 90 valence electrons. The van der Waals surface area contributed by atoms with Crippen LogP contribution in [0.25, 0.3) is 0 Å². The van der Waals surface area contributed by atoms with Crippen LogP contribution >= 0.6 is 0 Å². The van der Waals surface area contributed by atoms with Crippen molar-refractivity contribution >= 4 is 10.1 Å². The second-order valence-electron chi connectivity index (χ2n) is 4.22. The predicted molar refractivity (Wildman–Crippen MR) is 64.6 cm³/mol. The Bertz CT molecular complexity index is 421. The molecular formula is C12H18O3S. The monoisotopic (exact) mass is 242 g/mol. The molecule has 0 unspecified atom stereocenters. The van der Waals surface area contributed by atoms with Gasteiger partial charge in [0.25, 0.3) is 10.1 Å². The van der Waals surface area contributed by atoms with Crippen LogP contribution in [0.15, 0.2) is 30.3 Å². The third-order valence-corrected chi connectivity index (χ3v) is 3.84. The van der Waals surface area contributed by atoms with Crippen LogP contribution in [0.4, 0.5) is 0 Å². The summed E-state index contributed by atoms with van der Waals surface area (Å²) < 4.78 is 28.4. The Labute approximate surface area is 97.6 Å². The first-order valence-corrected chi connectivity index (χ1v) is 6.94. The molecule has 0 saturated carbocycles. The van der Waals surface area contributed by atoms with E-state index in [1.54, 1.807) is 13.8 Å². The third-order valence-electron chi connectivity index (χ3n) is 2.26. The van der Waals surface area contributed by atoms with Crippen LogP contribution < -0.4 is 0 Å². The normalized spacial score (nSPS) is 12.7. The maximum Gasteiger partial charge on any atom is 0.268 e. The molecule has 0 aliphatic rings. The number of benzene rings is 1. The van der Waals surface area contributed by atoms with Gasteiger partial charge in [0.15, 0.2) is 0 Å². The summed E-state index contributed by atoms with van der Waals surface area (Å²) in [4.78, 5) is 0. The Morgan fingerprint density at radius 2 is 1.75 bits per heavy atom. The maximum atomic E-state index is 11.6. The van der Waals surface area contributed by atoms with Gasteiger partial charge in [0, 0.05) is 0 Å². The Hall–Kier alpha value is -0.870. The summed E-state index contributed by atoms with van der Waals surface area (Å²) in [6.45, 7) is 5.33. The standard InChI is InChI=1S/C12H18O3S/c1-4-10-16(13,14)15-12(2,3)11-8-6-5-7-9-11/h5-9H,4,10H2,1-3H3. The van der Waals surface area contributed by atoms with E-state index in [1.807, 2.05) is 37.3 Å². The molecule has 0 heterocycles. The van der Waals surface area contributed by atoms with Crippen LogP contribution in [-0.4, -0.2) is 14.2 Å². The molecule has 0 fully saturated rings. The average molecular weight is 242 g/mol. The van der Waals surface area contributed by atoms with Crippen LogP contribution in [0.5, 0.6) is 0 Å². The molecule has 0 aliphatic heterocycles.